The van der Waals surface area contributed by atoms with Crippen molar-refractivity contribution in [2.75, 3.05) is 7.11 Å². The van der Waals surface area contributed by atoms with Crippen LogP contribution in [0.2, 0.25) is 0 Å². The van der Waals surface area contributed by atoms with Crippen LogP contribution in [0.15, 0.2) is 53.0 Å². The van der Waals surface area contributed by atoms with Crippen molar-refractivity contribution in [3.05, 3.63) is 64.1 Å². The van der Waals surface area contributed by atoms with Crippen LogP contribution in [0.3, 0.4) is 0 Å². The van der Waals surface area contributed by atoms with Gasteiger partial charge in [0.25, 0.3) is 0 Å². The first kappa shape index (κ1) is 14.1. The maximum atomic E-state index is 5.42. The minimum atomic E-state index is 0.554. The van der Waals surface area contributed by atoms with Gasteiger partial charge in [-0.2, -0.15) is 5.48 Å². The topological polar surface area (TPSA) is 30.5 Å². The third-order valence-corrected chi connectivity index (χ3v) is 3.30. The fourth-order valence-corrected chi connectivity index (χ4v) is 2.25. The average Bonchev–Trinajstić information content (AvgIpc) is 2.45. The molecule has 0 aromatic heterocycles. The summed E-state index contributed by atoms with van der Waals surface area (Å²) >= 11 is 3.46. The smallest absolute Gasteiger partial charge is 0.133 e. The Bertz CT molecular complexity index is 517. The second-order valence-electron chi connectivity index (χ2n) is 4.06. The molecule has 0 amide bonds. The van der Waals surface area contributed by atoms with Gasteiger partial charge in [0.1, 0.15) is 5.75 Å². The largest absolute Gasteiger partial charge is 0.496 e. The number of halogens is 1. The first-order valence-corrected chi connectivity index (χ1v) is 6.80. The Morgan fingerprint density at radius 1 is 1.05 bits per heavy atom. The lowest BCUT2D eigenvalue weighted by Crippen LogP contribution is -2.13. The fraction of sp³-hybridized carbons (Fsp3) is 0.200. The van der Waals surface area contributed by atoms with Crippen LogP contribution in [0.5, 0.6) is 5.75 Å². The normalized spacial score (nSPS) is 10.4. The van der Waals surface area contributed by atoms with E-state index in [2.05, 4.69) is 21.4 Å². The molecule has 4 heteroatoms. The molecule has 0 bridgehead atoms. The first-order valence-electron chi connectivity index (χ1n) is 6.00. The van der Waals surface area contributed by atoms with Gasteiger partial charge in [-0.25, -0.2) is 0 Å². The maximum absolute atomic E-state index is 5.42. The molecule has 0 aliphatic heterocycles. The molecule has 0 spiro atoms. The zero-order valence-electron chi connectivity index (χ0n) is 10.7. The Hall–Kier alpha value is -1.36. The number of ether oxygens (including phenoxy) is 1. The predicted octanol–water partition coefficient (Wildman–Crippen LogP) is 3.68. The van der Waals surface area contributed by atoms with E-state index in [9.17, 15) is 0 Å². The Morgan fingerprint density at radius 2 is 1.84 bits per heavy atom. The third kappa shape index (κ3) is 4.35. The quantitative estimate of drug-likeness (QED) is 0.650. The zero-order valence-corrected chi connectivity index (χ0v) is 12.3. The van der Waals surface area contributed by atoms with Crippen LogP contribution in [-0.4, -0.2) is 7.11 Å². The third-order valence-electron chi connectivity index (χ3n) is 2.68. The van der Waals surface area contributed by atoms with Crippen molar-refractivity contribution < 1.29 is 9.57 Å². The zero-order chi connectivity index (χ0) is 13.5. The van der Waals surface area contributed by atoms with Gasteiger partial charge in [0.2, 0.25) is 0 Å². The molecule has 19 heavy (non-hydrogen) atoms. The Kier molecular flexibility index (Phi) is 5.39. The van der Waals surface area contributed by atoms with Gasteiger partial charge in [0.15, 0.2) is 0 Å². The molecule has 0 aliphatic rings. The molecule has 0 unspecified atom stereocenters. The first-order chi connectivity index (χ1) is 9.29. The van der Waals surface area contributed by atoms with E-state index in [1.54, 1.807) is 7.11 Å². The monoisotopic (exact) mass is 321 g/mol. The van der Waals surface area contributed by atoms with Crippen LogP contribution in [0.1, 0.15) is 11.1 Å². The molecular weight excluding hydrogens is 306 g/mol. The van der Waals surface area contributed by atoms with E-state index in [4.69, 9.17) is 9.57 Å². The van der Waals surface area contributed by atoms with Gasteiger partial charge >= 0.3 is 0 Å². The summed E-state index contributed by atoms with van der Waals surface area (Å²) in [4.78, 5) is 5.42. The molecule has 0 radical (unpaired) electrons. The summed E-state index contributed by atoms with van der Waals surface area (Å²) in [6.45, 7) is 1.20. The fourth-order valence-electron chi connectivity index (χ4n) is 1.66. The van der Waals surface area contributed by atoms with Crippen molar-refractivity contribution in [3.63, 3.8) is 0 Å². The highest BCUT2D eigenvalue weighted by molar-refractivity contribution is 9.10. The average molecular weight is 322 g/mol. The van der Waals surface area contributed by atoms with Crippen molar-refractivity contribution in [1.82, 2.24) is 5.48 Å². The summed E-state index contributed by atoms with van der Waals surface area (Å²) in [6, 6.07) is 16.0. The van der Waals surface area contributed by atoms with E-state index in [1.165, 1.54) is 0 Å². The van der Waals surface area contributed by atoms with Crippen molar-refractivity contribution in [2.24, 2.45) is 0 Å². The van der Waals surface area contributed by atoms with E-state index in [0.717, 1.165) is 21.3 Å². The van der Waals surface area contributed by atoms with Crippen molar-refractivity contribution in [3.8, 4) is 5.75 Å². The number of benzene rings is 2. The SMILES string of the molecule is COc1ccc(CNOCc2ccccc2)cc1Br. The van der Waals surface area contributed by atoms with E-state index < -0.39 is 0 Å². The van der Waals surface area contributed by atoms with Crippen LogP contribution >= 0.6 is 15.9 Å². The molecule has 3 nitrogen and oxygen atoms in total. The van der Waals surface area contributed by atoms with Crippen molar-refractivity contribution in [2.45, 2.75) is 13.2 Å². The van der Waals surface area contributed by atoms with Crippen LogP contribution in [-0.2, 0) is 18.0 Å². The van der Waals surface area contributed by atoms with Gasteiger partial charge in [0.05, 0.1) is 18.2 Å². The Morgan fingerprint density at radius 3 is 2.53 bits per heavy atom. The van der Waals surface area contributed by atoms with E-state index >= 15 is 0 Å². The van der Waals surface area contributed by atoms with Crippen LogP contribution < -0.4 is 10.2 Å². The molecule has 0 heterocycles. The van der Waals surface area contributed by atoms with E-state index in [1.807, 2.05) is 48.5 Å². The van der Waals surface area contributed by atoms with Crippen molar-refractivity contribution in [1.29, 1.82) is 0 Å². The summed E-state index contributed by atoms with van der Waals surface area (Å²) in [5, 5.41) is 0. The molecule has 2 aromatic carbocycles. The molecular formula is C15H16BrNO2. The second-order valence-corrected chi connectivity index (χ2v) is 4.92. The summed E-state index contributed by atoms with van der Waals surface area (Å²) in [7, 11) is 1.65. The van der Waals surface area contributed by atoms with Crippen molar-refractivity contribution >= 4 is 15.9 Å². The molecule has 100 valence electrons. The predicted molar refractivity (Wildman–Crippen MR) is 78.8 cm³/mol. The molecule has 2 rings (SSSR count). The lowest BCUT2D eigenvalue weighted by molar-refractivity contribution is 0.0235. The highest BCUT2D eigenvalue weighted by Crippen LogP contribution is 2.25. The molecule has 0 saturated carbocycles. The lowest BCUT2D eigenvalue weighted by Gasteiger charge is -2.08. The highest BCUT2D eigenvalue weighted by atomic mass is 79.9. The van der Waals surface area contributed by atoms with Crippen LogP contribution in [0, 0.1) is 0 Å². The summed E-state index contributed by atoms with van der Waals surface area (Å²) in [6.07, 6.45) is 0. The Labute approximate surface area is 121 Å². The number of hydrogen-bond acceptors (Lipinski definition) is 3. The molecule has 0 aliphatic carbocycles. The maximum Gasteiger partial charge on any atom is 0.133 e. The van der Waals surface area contributed by atoms with Gasteiger partial charge in [0, 0.05) is 6.54 Å². The number of hydrogen-bond donors (Lipinski definition) is 1. The van der Waals surface area contributed by atoms with Crippen LogP contribution in [0.25, 0.3) is 0 Å². The molecule has 0 atom stereocenters. The highest BCUT2D eigenvalue weighted by Gasteiger charge is 2.01. The number of hydroxylamine groups is 1. The molecule has 0 fully saturated rings. The second kappa shape index (κ2) is 7.28. The molecule has 1 N–H and O–H groups in total. The number of methoxy groups -OCH3 is 1. The minimum absolute atomic E-state index is 0.554. The molecule has 0 saturated heterocycles. The van der Waals surface area contributed by atoms with Gasteiger partial charge in [-0.15, -0.1) is 0 Å². The standard InChI is InChI=1S/C15H16BrNO2/c1-18-15-8-7-13(9-14(15)16)10-17-19-11-12-5-3-2-4-6-12/h2-9,17H,10-11H2,1H3. The van der Waals surface area contributed by atoms with Gasteiger partial charge in [-0.05, 0) is 39.2 Å². The minimum Gasteiger partial charge on any atom is -0.496 e. The van der Waals surface area contributed by atoms with Gasteiger partial charge in [-0.3, -0.25) is 4.84 Å². The van der Waals surface area contributed by atoms with E-state index in [-0.39, 0.29) is 0 Å². The summed E-state index contributed by atoms with van der Waals surface area (Å²) in [5.41, 5.74) is 5.22. The number of nitrogens with one attached hydrogen (secondary N) is 1. The van der Waals surface area contributed by atoms with Gasteiger partial charge in [-0.1, -0.05) is 36.4 Å². The lowest BCUT2D eigenvalue weighted by atomic mass is 10.2. The summed E-state index contributed by atoms with van der Waals surface area (Å²) < 4.78 is 6.13. The Balaban J connectivity index is 1.78. The van der Waals surface area contributed by atoms with Gasteiger partial charge < -0.3 is 4.74 Å². The molecule has 2 aromatic rings. The van der Waals surface area contributed by atoms with Crippen LogP contribution in [0.4, 0.5) is 0 Å². The summed E-state index contributed by atoms with van der Waals surface area (Å²) in [5.74, 6) is 0.828. The van der Waals surface area contributed by atoms with E-state index in [0.29, 0.717) is 13.2 Å². The number of rotatable bonds is 6.